The molecule has 0 atom stereocenters. The predicted molar refractivity (Wildman–Crippen MR) is 119 cm³/mol. The van der Waals surface area contributed by atoms with Crippen LogP contribution < -0.4 is 5.32 Å². The Morgan fingerprint density at radius 2 is 1.84 bits per heavy atom. The van der Waals surface area contributed by atoms with Crippen LogP contribution in [0, 0.1) is 5.82 Å². The summed E-state index contributed by atoms with van der Waals surface area (Å²) in [6.45, 7) is 4.02. The third-order valence-electron chi connectivity index (χ3n) is 4.76. The Hall–Kier alpha value is -3.00. The lowest BCUT2D eigenvalue weighted by Crippen LogP contribution is -2.21. The first-order valence-corrected chi connectivity index (χ1v) is 11.2. The molecule has 1 aromatic heterocycles. The van der Waals surface area contributed by atoms with Gasteiger partial charge >= 0.3 is 0 Å². The molecular formula is C23H25FN4O2S. The van der Waals surface area contributed by atoms with Gasteiger partial charge in [-0.2, -0.15) is 0 Å². The van der Waals surface area contributed by atoms with Crippen LogP contribution in [0.2, 0.25) is 0 Å². The van der Waals surface area contributed by atoms with Crippen molar-refractivity contribution in [2.24, 2.45) is 0 Å². The Bertz CT molecular complexity index is 1050. The first-order chi connectivity index (χ1) is 15.0. The minimum Gasteiger partial charge on any atom is -0.356 e. The van der Waals surface area contributed by atoms with E-state index < -0.39 is 5.82 Å². The summed E-state index contributed by atoms with van der Waals surface area (Å²) in [5.41, 5.74) is 2.15. The highest BCUT2D eigenvalue weighted by atomic mass is 32.2. The Labute approximate surface area is 185 Å². The fourth-order valence-electron chi connectivity index (χ4n) is 3.08. The third kappa shape index (κ3) is 6.01. The fourth-order valence-corrected chi connectivity index (χ4v) is 3.94. The summed E-state index contributed by atoms with van der Waals surface area (Å²) in [6, 6.07) is 14.0. The van der Waals surface area contributed by atoms with Crippen molar-refractivity contribution in [3.63, 3.8) is 0 Å². The second kappa shape index (κ2) is 10.9. The molecule has 2 aromatic carbocycles. The molecule has 0 aliphatic carbocycles. The minimum atomic E-state index is -0.395. The number of para-hydroxylation sites is 1. The van der Waals surface area contributed by atoms with Gasteiger partial charge in [0.25, 0.3) is 0 Å². The van der Waals surface area contributed by atoms with Crippen LogP contribution in [0.4, 0.5) is 4.39 Å². The van der Waals surface area contributed by atoms with Gasteiger partial charge in [-0.05, 0) is 30.5 Å². The number of nitrogens with one attached hydrogen (secondary N) is 1. The maximum Gasteiger partial charge on any atom is 0.216 e. The molecule has 0 spiro atoms. The van der Waals surface area contributed by atoms with Crippen LogP contribution in [0.3, 0.4) is 0 Å². The smallest absolute Gasteiger partial charge is 0.216 e. The molecule has 0 radical (unpaired) electrons. The number of aromatic nitrogens is 3. The molecule has 0 aliphatic heterocycles. The average Bonchev–Trinajstić information content (AvgIpc) is 3.17. The van der Waals surface area contributed by atoms with Gasteiger partial charge in [0, 0.05) is 25.5 Å². The molecule has 8 heteroatoms. The van der Waals surface area contributed by atoms with Crippen molar-refractivity contribution in [1.29, 1.82) is 0 Å². The summed E-state index contributed by atoms with van der Waals surface area (Å²) >= 11 is 1.23. The number of ketones is 1. The van der Waals surface area contributed by atoms with Gasteiger partial charge in [-0.1, -0.05) is 55.1 Å². The topological polar surface area (TPSA) is 76.9 Å². The average molecular weight is 441 g/mol. The monoisotopic (exact) mass is 440 g/mol. The summed E-state index contributed by atoms with van der Waals surface area (Å²) in [4.78, 5) is 23.7. The molecule has 1 amide bonds. The van der Waals surface area contributed by atoms with Crippen LogP contribution in [-0.4, -0.2) is 38.8 Å². The number of rotatable bonds is 10. The highest BCUT2D eigenvalue weighted by Crippen LogP contribution is 2.25. The van der Waals surface area contributed by atoms with E-state index in [1.54, 1.807) is 22.8 Å². The molecule has 6 nitrogen and oxygen atoms in total. The number of Topliss-reactive ketones (excluding diaryl/α,β-unsaturated/α-hetero) is 1. The zero-order chi connectivity index (χ0) is 22.2. The van der Waals surface area contributed by atoms with Gasteiger partial charge in [0.1, 0.15) is 11.6 Å². The maximum atomic E-state index is 14.5. The van der Waals surface area contributed by atoms with E-state index in [0.29, 0.717) is 41.6 Å². The lowest BCUT2D eigenvalue weighted by molar-refractivity contribution is -0.118. The summed E-state index contributed by atoms with van der Waals surface area (Å²) in [6.07, 6.45) is 2.06. The summed E-state index contributed by atoms with van der Waals surface area (Å²) in [5.74, 6) is 0.232. The molecule has 0 aliphatic rings. The molecule has 0 bridgehead atoms. The van der Waals surface area contributed by atoms with Crippen molar-refractivity contribution in [2.75, 3.05) is 12.3 Å². The van der Waals surface area contributed by atoms with Crippen LogP contribution in [0.15, 0.2) is 53.7 Å². The number of amides is 1. The Balaban J connectivity index is 1.78. The number of carbonyl (C=O) groups is 2. The SMILES string of the molecule is CCc1ccc(C(=O)CSc2nnc(CCCNC(C)=O)n2-c2ccccc2F)cc1. The van der Waals surface area contributed by atoms with Crippen molar-refractivity contribution in [1.82, 2.24) is 20.1 Å². The van der Waals surface area contributed by atoms with E-state index in [4.69, 9.17) is 0 Å². The lowest BCUT2D eigenvalue weighted by Gasteiger charge is -2.11. The van der Waals surface area contributed by atoms with Crippen LogP contribution in [0.1, 0.15) is 42.0 Å². The minimum absolute atomic E-state index is 0.0251. The lowest BCUT2D eigenvalue weighted by atomic mass is 10.1. The Morgan fingerprint density at radius 1 is 1.10 bits per heavy atom. The van der Waals surface area contributed by atoms with Gasteiger partial charge in [-0.25, -0.2) is 4.39 Å². The zero-order valence-electron chi connectivity index (χ0n) is 17.6. The normalized spacial score (nSPS) is 10.8. The van der Waals surface area contributed by atoms with E-state index in [-0.39, 0.29) is 17.4 Å². The van der Waals surface area contributed by atoms with E-state index >= 15 is 0 Å². The quantitative estimate of drug-likeness (QED) is 0.293. The molecule has 162 valence electrons. The molecule has 1 heterocycles. The third-order valence-corrected chi connectivity index (χ3v) is 5.69. The maximum absolute atomic E-state index is 14.5. The van der Waals surface area contributed by atoms with E-state index in [2.05, 4.69) is 22.4 Å². The first-order valence-electron chi connectivity index (χ1n) is 10.2. The van der Waals surface area contributed by atoms with Crippen LogP contribution >= 0.6 is 11.8 Å². The highest BCUT2D eigenvalue weighted by molar-refractivity contribution is 7.99. The van der Waals surface area contributed by atoms with E-state index in [1.807, 2.05) is 24.3 Å². The number of thioether (sulfide) groups is 1. The van der Waals surface area contributed by atoms with Gasteiger partial charge < -0.3 is 5.32 Å². The van der Waals surface area contributed by atoms with Crippen molar-refractivity contribution < 1.29 is 14.0 Å². The van der Waals surface area contributed by atoms with Gasteiger partial charge in [-0.3, -0.25) is 14.2 Å². The molecule has 0 saturated carbocycles. The largest absolute Gasteiger partial charge is 0.356 e. The number of hydrogen-bond acceptors (Lipinski definition) is 5. The number of halogens is 1. The number of benzene rings is 2. The molecule has 1 N–H and O–H groups in total. The fraction of sp³-hybridized carbons (Fsp3) is 0.304. The predicted octanol–water partition coefficient (Wildman–Crippen LogP) is 4.01. The van der Waals surface area contributed by atoms with E-state index in [0.717, 1.165) is 6.42 Å². The standard InChI is InChI=1S/C23H25FN4O2S/c1-3-17-10-12-18(13-11-17)21(30)15-31-23-27-26-22(9-6-14-25-16(2)29)28(23)20-8-5-4-7-19(20)24/h4-5,7-8,10-13H,3,6,9,14-15H2,1-2H3,(H,25,29). The van der Waals surface area contributed by atoms with Gasteiger partial charge in [-0.15, -0.1) is 10.2 Å². The molecule has 3 aromatic rings. The molecule has 31 heavy (non-hydrogen) atoms. The number of nitrogens with zero attached hydrogens (tertiary/aromatic N) is 3. The Kier molecular flexibility index (Phi) is 7.94. The highest BCUT2D eigenvalue weighted by Gasteiger charge is 2.18. The van der Waals surface area contributed by atoms with E-state index in [9.17, 15) is 14.0 Å². The molecule has 3 rings (SSSR count). The summed E-state index contributed by atoms with van der Waals surface area (Å²) in [5, 5.41) is 11.6. The molecular weight excluding hydrogens is 415 g/mol. The molecule has 0 unspecified atom stereocenters. The summed E-state index contributed by atoms with van der Waals surface area (Å²) in [7, 11) is 0. The second-order valence-electron chi connectivity index (χ2n) is 7.03. The number of hydrogen-bond donors (Lipinski definition) is 1. The van der Waals surface area contributed by atoms with Gasteiger partial charge in [0.2, 0.25) is 5.91 Å². The van der Waals surface area contributed by atoms with Crippen LogP contribution in [0.5, 0.6) is 0 Å². The van der Waals surface area contributed by atoms with Crippen LogP contribution in [-0.2, 0) is 17.6 Å². The van der Waals surface area contributed by atoms with Crippen molar-refractivity contribution in [3.8, 4) is 5.69 Å². The van der Waals surface area contributed by atoms with Crippen molar-refractivity contribution >= 4 is 23.5 Å². The van der Waals surface area contributed by atoms with E-state index in [1.165, 1.54) is 30.3 Å². The van der Waals surface area contributed by atoms with Gasteiger partial charge in [0.05, 0.1) is 11.4 Å². The summed E-state index contributed by atoms with van der Waals surface area (Å²) < 4.78 is 16.2. The zero-order valence-corrected chi connectivity index (χ0v) is 18.4. The van der Waals surface area contributed by atoms with Crippen molar-refractivity contribution in [2.45, 2.75) is 38.3 Å². The number of carbonyl (C=O) groups excluding carboxylic acids is 2. The first kappa shape index (κ1) is 22.7. The van der Waals surface area contributed by atoms with Crippen LogP contribution in [0.25, 0.3) is 5.69 Å². The Morgan fingerprint density at radius 3 is 2.52 bits per heavy atom. The second-order valence-corrected chi connectivity index (χ2v) is 7.98. The molecule has 0 saturated heterocycles. The molecule has 0 fully saturated rings. The van der Waals surface area contributed by atoms with Gasteiger partial charge in [0.15, 0.2) is 10.9 Å². The number of aryl methyl sites for hydroxylation is 2. The van der Waals surface area contributed by atoms with Crippen molar-refractivity contribution in [3.05, 3.63) is 71.3 Å².